The largest absolute Gasteiger partial charge is 0.482 e. The number of nitro groups is 1. The van der Waals surface area contributed by atoms with Crippen molar-refractivity contribution >= 4 is 49.6 Å². The molecule has 9 heteroatoms. The van der Waals surface area contributed by atoms with Crippen LogP contribution < -0.4 is 10.1 Å². The molecule has 2 heterocycles. The minimum Gasteiger partial charge on any atom is -0.482 e. The second-order valence-electron chi connectivity index (χ2n) is 6.23. The third kappa shape index (κ3) is 4.10. The number of nitrogens with one attached hydrogen (secondary N) is 1. The topological polar surface area (TPSA) is 94.4 Å². The van der Waals surface area contributed by atoms with Gasteiger partial charge in [-0.25, -0.2) is 4.98 Å². The Balaban J connectivity index is 1.44. The quantitative estimate of drug-likeness (QED) is 0.329. The van der Waals surface area contributed by atoms with Crippen molar-refractivity contribution in [3.8, 4) is 5.75 Å². The number of fused-ring (bicyclic) bond motifs is 1. The summed E-state index contributed by atoms with van der Waals surface area (Å²) in [7, 11) is 0. The van der Waals surface area contributed by atoms with E-state index < -0.39 is 4.92 Å². The molecule has 7 nitrogen and oxygen atoms in total. The van der Waals surface area contributed by atoms with Crippen LogP contribution in [0, 0.1) is 17.0 Å². The van der Waals surface area contributed by atoms with E-state index in [-0.39, 0.29) is 24.0 Å². The van der Waals surface area contributed by atoms with E-state index in [1.165, 1.54) is 28.7 Å². The molecule has 0 saturated carbocycles. The Bertz CT molecular complexity index is 1220. The molecule has 1 N–H and O–H groups in total. The summed E-state index contributed by atoms with van der Waals surface area (Å²) in [6.45, 7) is 2.12. The second-order valence-corrected chi connectivity index (χ2v) is 8.17. The summed E-state index contributed by atoms with van der Waals surface area (Å²) >= 11 is 2.71. The highest BCUT2D eigenvalue weighted by atomic mass is 32.1. The number of hydrogen-bond donors (Lipinski definition) is 1. The summed E-state index contributed by atoms with van der Waals surface area (Å²) in [5.74, 6) is -0.0526. The maximum Gasteiger partial charge on any atom is 0.310 e. The summed E-state index contributed by atoms with van der Waals surface area (Å²) in [5, 5.41) is 16.2. The van der Waals surface area contributed by atoms with E-state index in [1.807, 2.05) is 25.1 Å². The second kappa shape index (κ2) is 7.98. The number of carbonyl (C=O) groups excluding carboxylic acids is 1. The van der Waals surface area contributed by atoms with E-state index in [9.17, 15) is 14.9 Å². The lowest BCUT2D eigenvalue weighted by Crippen LogP contribution is -2.09. The molecule has 0 aliphatic rings. The SMILES string of the molecule is Cc1cccc2sc(NC(=O)c3cc(COc4ccccc4[N+](=O)[O-])cs3)nc12. The van der Waals surface area contributed by atoms with Crippen LogP contribution in [0.15, 0.2) is 53.9 Å². The van der Waals surface area contributed by atoms with Crippen molar-refractivity contribution in [3.05, 3.63) is 80.0 Å². The number of benzene rings is 2. The molecule has 2 aromatic heterocycles. The number of anilines is 1. The highest BCUT2D eigenvalue weighted by molar-refractivity contribution is 7.22. The predicted octanol–water partition coefficient (Wildman–Crippen LogP) is 5.41. The van der Waals surface area contributed by atoms with Crippen LogP contribution in [0.2, 0.25) is 0 Å². The summed E-state index contributed by atoms with van der Waals surface area (Å²) in [6, 6.07) is 13.8. The summed E-state index contributed by atoms with van der Waals surface area (Å²) in [5.41, 5.74) is 2.62. The van der Waals surface area contributed by atoms with Crippen LogP contribution in [-0.4, -0.2) is 15.8 Å². The maximum atomic E-state index is 12.5. The van der Waals surface area contributed by atoms with Gasteiger partial charge in [-0.2, -0.15) is 0 Å². The molecule has 0 aliphatic heterocycles. The molecule has 146 valence electrons. The molecule has 0 saturated heterocycles. The van der Waals surface area contributed by atoms with Gasteiger partial charge in [-0.1, -0.05) is 35.6 Å². The van der Waals surface area contributed by atoms with Crippen molar-refractivity contribution in [3.63, 3.8) is 0 Å². The number of aromatic nitrogens is 1. The van der Waals surface area contributed by atoms with Gasteiger partial charge >= 0.3 is 5.69 Å². The molecule has 4 rings (SSSR count). The van der Waals surface area contributed by atoms with Crippen LogP contribution in [0.1, 0.15) is 20.8 Å². The number of aryl methyl sites for hydroxylation is 1. The predicted molar refractivity (Wildman–Crippen MR) is 114 cm³/mol. The summed E-state index contributed by atoms with van der Waals surface area (Å²) in [6.07, 6.45) is 0. The van der Waals surface area contributed by atoms with Crippen molar-refractivity contribution in [2.75, 3.05) is 5.32 Å². The molecule has 4 aromatic rings. The molecular weight excluding hydrogens is 410 g/mol. The normalized spacial score (nSPS) is 10.8. The first-order valence-corrected chi connectivity index (χ1v) is 10.3. The van der Waals surface area contributed by atoms with Gasteiger partial charge in [-0.15, -0.1) is 11.3 Å². The van der Waals surface area contributed by atoms with Crippen molar-refractivity contribution < 1.29 is 14.5 Å². The zero-order valence-corrected chi connectivity index (χ0v) is 16.9. The number of rotatable bonds is 6. The summed E-state index contributed by atoms with van der Waals surface area (Å²) < 4.78 is 6.59. The van der Waals surface area contributed by atoms with Crippen LogP contribution in [0.25, 0.3) is 10.2 Å². The minimum atomic E-state index is -0.485. The number of ether oxygens (including phenoxy) is 1. The number of carbonyl (C=O) groups is 1. The van der Waals surface area contributed by atoms with E-state index >= 15 is 0 Å². The molecular formula is C20H15N3O4S2. The van der Waals surface area contributed by atoms with Crippen molar-refractivity contribution in [1.82, 2.24) is 4.98 Å². The molecule has 1 amide bonds. The first-order chi connectivity index (χ1) is 14.0. The number of amides is 1. The van der Waals surface area contributed by atoms with Crippen LogP contribution >= 0.6 is 22.7 Å². The van der Waals surface area contributed by atoms with E-state index in [2.05, 4.69) is 10.3 Å². The molecule has 2 aromatic carbocycles. The monoisotopic (exact) mass is 425 g/mol. The molecule has 0 spiro atoms. The lowest BCUT2D eigenvalue weighted by Gasteiger charge is -2.04. The van der Waals surface area contributed by atoms with Crippen LogP contribution in [0.5, 0.6) is 5.75 Å². The highest BCUT2D eigenvalue weighted by Gasteiger charge is 2.16. The number of para-hydroxylation sites is 3. The van der Waals surface area contributed by atoms with E-state index in [1.54, 1.807) is 29.6 Å². The Morgan fingerprint density at radius 2 is 2.07 bits per heavy atom. The molecule has 29 heavy (non-hydrogen) atoms. The number of thiophene rings is 1. The number of nitro benzene ring substituents is 1. The van der Waals surface area contributed by atoms with E-state index in [0.29, 0.717) is 10.0 Å². The summed E-state index contributed by atoms with van der Waals surface area (Å²) in [4.78, 5) is 28.1. The Hall–Kier alpha value is -3.30. The Morgan fingerprint density at radius 3 is 2.86 bits per heavy atom. The molecule has 0 atom stereocenters. The minimum absolute atomic E-state index is 0.0909. The van der Waals surface area contributed by atoms with Gasteiger partial charge in [0.2, 0.25) is 0 Å². The van der Waals surface area contributed by atoms with E-state index in [4.69, 9.17) is 4.74 Å². The maximum absolute atomic E-state index is 12.5. The lowest BCUT2D eigenvalue weighted by molar-refractivity contribution is -0.385. The lowest BCUT2D eigenvalue weighted by atomic mass is 10.2. The average molecular weight is 425 g/mol. The van der Waals surface area contributed by atoms with Gasteiger partial charge in [0.15, 0.2) is 10.9 Å². The molecule has 0 radical (unpaired) electrons. The molecule has 0 aliphatic carbocycles. The van der Waals surface area contributed by atoms with Crippen molar-refractivity contribution in [2.24, 2.45) is 0 Å². The Kier molecular flexibility index (Phi) is 5.24. The van der Waals surface area contributed by atoms with Gasteiger partial charge in [-0.05, 0) is 36.1 Å². The first kappa shape index (κ1) is 19.0. The van der Waals surface area contributed by atoms with Crippen molar-refractivity contribution in [1.29, 1.82) is 0 Å². The van der Waals surface area contributed by atoms with Gasteiger partial charge in [0, 0.05) is 11.6 Å². The third-order valence-corrected chi connectivity index (χ3v) is 6.09. The van der Waals surface area contributed by atoms with Crippen LogP contribution in [-0.2, 0) is 6.61 Å². The fourth-order valence-corrected chi connectivity index (χ4v) is 4.49. The van der Waals surface area contributed by atoms with E-state index in [0.717, 1.165) is 21.3 Å². The zero-order chi connectivity index (χ0) is 20.4. The molecule has 0 bridgehead atoms. The smallest absolute Gasteiger partial charge is 0.310 e. The van der Waals surface area contributed by atoms with Gasteiger partial charge in [0.05, 0.1) is 20.0 Å². The first-order valence-electron chi connectivity index (χ1n) is 8.62. The highest BCUT2D eigenvalue weighted by Crippen LogP contribution is 2.29. The molecule has 0 unspecified atom stereocenters. The number of hydrogen-bond acceptors (Lipinski definition) is 7. The Labute approximate surface area is 173 Å². The van der Waals surface area contributed by atoms with Gasteiger partial charge in [0.1, 0.15) is 6.61 Å². The number of nitrogens with zero attached hydrogens (tertiary/aromatic N) is 2. The van der Waals surface area contributed by atoms with Gasteiger partial charge < -0.3 is 4.74 Å². The van der Waals surface area contributed by atoms with Crippen LogP contribution in [0.3, 0.4) is 0 Å². The fourth-order valence-electron chi connectivity index (χ4n) is 2.76. The average Bonchev–Trinajstić information content (AvgIpc) is 3.34. The van der Waals surface area contributed by atoms with Gasteiger partial charge in [0.25, 0.3) is 5.91 Å². The van der Waals surface area contributed by atoms with Gasteiger partial charge in [-0.3, -0.25) is 20.2 Å². The Morgan fingerprint density at radius 1 is 1.24 bits per heavy atom. The number of thiazole rings is 1. The molecule has 0 fully saturated rings. The van der Waals surface area contributed by atoms with Crippen molar-refractivity contribution in [2.45, 2.75) is 13.5 Å². The fraction of sp³-hybridized carbons (Fsp3) is 0.100. The standard InChI is InChI=1S/C20H15N3O4S2/c1-12-5-4-8-16-18(12)21-20(29-16)22-19(24)17-9-13(11-28-17)10-27-15-7-3-2-6-14(15)23(25)26/h2-9,11H,10H2,1H3,(H,21,22,24). The zero-order valence-electron chi connectivity index (χ0n) is 15.2. The third-order valence-electron chi connectivity index (χ3n) is 4.18. The van der Waals surface area contributed by atoms with Crippen LogP contribution in [0.4, 0.5) is 10.8 Å².